The van der Waals surface area contributed by atoms with Gasteiger partial charge in [-0.2, -0.15) is 5.10 Å². The van der Waals surface area contributed by atoms with Crippen molar-refractivity contribution in [1.82, 2.24) is 25.4 Å². The maximum absolute atomic E-state index is 5.41. The van der Waals surface area contributed by atoms with E-state index in [2.05, 4.69) is 50.8 Å². The molecule has 28 heavy (non-hydrogen) atoms. The fraction of sp³-hybridized carbons (Fsp3) is 0.286. The zero-order chi connectivity index (χ0) is 19.6. The van der Waals surface area contributed by atoms with Crippen LogP contribution in [-0.4, -0.2) is 40.9 Å². The van der Waals surface area contributed by atoms with E-state index >= 15 is 0 Å². The van der Waals surface area contributed by atoms with E-state index in [4.69, 9.17) is 4.74 Å². The molecule has 0 aliphatic heterocycles. The number of hydrogen-bond acceptors (Lipinski definition) is 4. The van der Waals surface area contributed by atoms with Gasteiger partial charge in [0.15, 0.2) is 5.96 Å². The van der Waals surface area contributed by atoms with Crippen molar-refractivity contribution in [3.05, 3.63) is 72.3 Å². The predicted molar refractivity (Wildman–Crippen MR) is 111 cm³/mol. The first-order chi connectivity index (χ1) is 13.8. The van der Waals surface area contributed by atoms with Crippen LogP contribution in [-0.2, 0) is 13.0 Å². The molecular formula is C21H26N6O. The van der Waals surface area contributed by atoms with E-state index in [0.717, 1.165) is 42.5 Å². The molecule has 0 amide bonds. The van der Waals surface area contributed by atoms with Crippen molar-refractivity contribution in [3.63, 3.8) is 0 Å². The minimum Gasteiger partial charge on any atom is -0.496 e. The third-order valence-corrected chi connectivity index (χ3v) is 4.26. The van der Waals surface area contributed by atoms with Crippen molar-refractivity contribution in [3.8, 4) is 11.4 Å². The van der Waals surface area contributed by atoms with Crippen LogP contribution in [0.1, 0.15) is 18.1 Å². The summed E-state index contributed by atoms with van der Waals surface area (Å²) in [5.41, 5.74) is 3.29. The van der Waals surface area contributed by atoms with Gasteiger partial charge in [0.25, 0.3) is 0 Å². The minimum absolute atomic E-state index is 0.599. The summed E-state index contributed by atoms with van der Waals surface area (Å²) in [6.07, 6.45) is 4.07. The Hall–Kier alpha value is -3.35. The Kier molecular flexibility index (Phi) is 7.01. The lowest BCUT2D eigenvalue weighted by Gasteiger charge is -2.13. The number of guanidine groups is 1. The normalized spacial score (nSPS) is 11.3. The molecule has 3 aromatic rings. The molecule has 0 saturated carbocycles. The van der Waals surface area contributed by atoms with Gasteiger partial charge in [0, 0.05) is 13.1 Å². The highest BCUT2D eigenvalue weighted by Gasteiger charge is 2.03. The monoisotopic (exact) mass is 378 g/mol. The van der Waals surface area contributed by atoms with Crippen molar-refractivity contribution in [1.29, 1.82) is 0 Å². The van der Waals surface area contributed by atoms with Crippen molar-refractivity contribution >= 4 is 5.96 Å². The molecule has 0 bridgehead atoms. The zero-order valence-electron chi connectivity index (χ0n) is 16.3. The molecular weight excluding hydrogens is 352 g/mol. The first-order valence-electron chi connectivity index (χ1n) is 9.38. The number of methoxy groups -OCH3 is 1. The molecule has 1 heterocycles. The Bertz CT molecular complexity index is 874. The van der Waals surface area contributed by atoms with E-state index in [9.17, 15) is 0 Å². The Morgan fingerprint density at radius 3 is 2.64 bits per heavy atom. The van der Waals surface area contributed by atoms with Crippen LogP contribution in [0.15, 0.2) is 66.2 Å². The number of nitrogens with zero attached hydrogens (tertiary/aromatic N) is 4. The summed E-state index contributed by atoms with van der Waals surface area (Å²) in [7, 11) is 1.70. The Balaban J connectivity index is 1.56. The van der Waals surface area contributed by atoms with E-state index in [1.807, 2.05) is 30.3 Å². The molecule has 1 aromatic heterocycles. The molecule has 0 spiro atoms. The lowest BCUT2D eigenvalue weighted by atomic mass is 10.1. The van der Waals surface area contributed by atoms with Gasteiger partial charge >= 0.3 is 0 Å². The van der Waals surface area contributed by atoms with Gasteiger partial charge in [-0.25, -0.2) is 14.7 Å². The highest BCUT2D eigenvalue weighted by atomic mass is 16.5. The van der Waals surface area contributed by atoms with E-state index in [0.29, 0.717) is 6.54 Å². The summed E-state index contributed by atoms with van der Waals surface area (Å²) in [5, 5.41) is 10.8. The second-order valence-corrected chi connectivity index (χ2v) is 6.19. The highest BCUT2D eigenvalue weighted by molar-refractivity contribution is 5.79. The number of rotatable bonds is 8. The van der Waals surface area contributed by atoms with Crippen LogP contribution in [0.3, 0.4) is 0 Å². The average Bonchev–Trinajstić information content (AvgIpc) is 3.27. The third-order valence-electron chi connectivity index (χ3n) is 4.26. The van der Waals surface area contributed by atoms with Gasteiger partial charge in [0.2, 0.25) is 0 Å². The van der Waals surface area contributed by atoms with Crippen LogP contribution >= 0.6 is 0 Å². The quantitative estimate of drug-likeness (QED) is 0.465. The van der Waals surface area contributed by atoms with Crippen molar-refractivity contribution in [2.75, 3.05) is 20.2 Å². The molecule has 0 saturated heterocycles. The van der Waals surface area contributed by atoms with Crippen LogP contribution < -0.4 is 15.4 Å². The van der Waals surface area contributed by atoms with Gasteiger partial charge in [-0.15, -0.1) is 0 Å². The number of para-hydroxylation sites is 1. The summed E-state index contributed by atoms with van der Waals surface area (Å²) in [6, 6.07) is 16.2. The third kappa shape index (κ3) is 5.33. The van der Waals surface area contributed by atoms with Crippen LogP contribution in [0.5, 0.6) is 5.75 Å². The highest BCUT2D eigenvalue weighted by Crippen LogP contribution is 2.17. The lowest BCUT2D eigenvalue weighted by molar-refractivity contribution is 0.409. The Morgan fingerprint density at radius 2 is 1.93 bits per heavy atom. The first-order valence-corrected chi connectivity index (χ1v) is 9.38. The van der Waals surface area contributed by atoms with Gasteiger partial charge in [-0.05, 0) is 42.7 Å². The van der Waals surface area contributed by atoms with Crippen LogP contribution in [0.2, 0.25) is 0 Å². The van der Waals surface area contributed by atoms with Crippen LogP contribution in [0.4, 0.5) is 0 Å². The summed E-state index contributed by atoms with van der Waals surface area (Å²) in [5.74, 6) is 1.72. The Morgan fingerprint density at radius 1 is 1.11 bits per heavy atom. The molecule has 2 aromatic carbocycles. The molecule has 7 heteroatoms. The topological polar surface area (TPSA) is 76.4 Å². The van der Waals surface area contributed by atoms with Gasteiger partial charge < -0.3 is 15.4 Å². The van der Waals surface area contributed by atoms with Crippen LogP contribution in [0.25, 0.3) is 5.69 Å². The van der Waals surface area contributed by atoms with Gasteiger partial charge in [0.05, 0.1) is 19.3 Å². The Labute approximate surface area is 165 Å². The number of benzene rings is 2. The predicted octanol–water partition coefficient (Wildman–Crippen LogP) is 2.57. The molecule has 146 valence electrons. The molecule has 0 unspecified atom stereocenters. The molecule has 2 N–H and O–H groups in total. The summed E-state index contributed by atoms with van der Waals surface area (Å²) in [6.45, 7) is 4.25. The number of ether oxygens (including phenoxy) is 1. The molecule has 0 radical (unpaired) electrons. The summed E-state index contributed by atoms with van der Waals surface area (Å²) in [4.78, 5) is 8.65. The molecule has 3 rings (SSSR count). The van der Waals surface area contributed by atoms with Gasteiger partial charge in [0.1, 0.15) is 18.4 Å². The number of aromatic nitrogens is 3. The summed E-state index contributed by atoms with van der Waals surface area (Å²) < 4.78 is 7.14. The zero-order valence-corrected chi connectivity index (χ0v) is 16.3. The lowest BCUT2D eigenvalue weighted by Crippen LogP contribution is -2.38. The van der Waals surface area contributed by atoms with Crippen LogP contribution in [0, 0.1) is 0 Å². The molecule has 0 atom stereocenters. The maximum Gasteiger partial charge on any atom is 0.191 e. The van der Waals surface area contributed by atoms with E-state index in [-0.39, 0.29) is 0 Å². The largest absolute Gasteiger partial charge is 0.496 e. The SMILES string of the molecule is CCNC(=NCc1ccc(-n2cncn2)cc1)NCCc1ccccc1OC. The second kappa shape index (κ2) is 10.1. The summed E-state index contributed by atoms with van der Waals surface area (Å²) >= 11 is 0. The van der Waals surface area contributed by atoms with Gasteiger partial charge in [-0.1, -0.05) is 30.3 Å². The standard InChI is InChI=1S/C21H26N6O/c1-3-23-21(24-13-12-18-6-4-5-7-20(18)28-2)25-14-17-8-10-19(11-9-17)27-16-22-15-26-27/h4-11,15-16H,3,12-14H2,1-2H3,(H2,23,24,25). The van der Waals surface area contributed by atoms with E-state index < -0.39 is 0 Å². The number of hydrogen-bond donors (Lipinski definition) is 2. The number of aliphatic imine (C=N–C) groups is 1. The molecule has 7 nitrogen and oxygen atoms in total. The smallest absolute Gasteiger partial charge is 0.191 e. The second-order valence-electron chi connectivity index (χ2n) is 6.19. The van der Waals surface area contributed by atoms with Crippen molar-refractivity contribution in [2.45, 2.75) is 19.9 Å². The molecule has 0 aliphatic carbocycles. The van der Waals surface area contributed by atoms with Gasteiger partial charge in [-0.3, -0.25) is 0 Å². The maximum atomic E-state index is 5.41. The first kappa shape index (κ1) is 19.4. The fourth-order valence-corrected chi connectivity index (χ4v) is 2.83. The minimum atomic E-state index is 0.599. The fourth-order valence-electron chi connectivity index (χ4n) is 2.83. The number of nitrogens with one attached hydrogen (secondary N) is 2. The molecule has 0 aliphatic rings. The van der Waals surface area contributed by atoms with E-state index in [1.54, 1.807) is 18.1 Å². The van der Waals surface area contributed by atoms with Crippen molar-refractivity contribution in [2.24, 2.45) is 4.99 Å². The average molecular weight is 378 g/mol. The van der Waals surface area contributed by atoms with Crippen molar-refractivity contribution < 1.29 is 4.74 Å². The molecule has 0 fully saturated rings. The van der Waals surface area contributed by atoms with E-state index in [1.165, 1.54) is 11.9 Å².